The SMILES string of the molecule is CNC(=O)C1CC(SC2=C(C(=O)O)CC3=CC(=O)C(C(C)O)C3C2C)CN1CC1CC=CC(Cl)=C1Cl. The molecule has 1 fully saturated rings. The molecule has 10 heteroatoms. The highest BCUT2D eigenvalue weighted by molar-refractivity contribution is 8.03. The van der Waals surface area contributed by atoms with Gasteiger partial charge in [0.1, 0.15) is 0 Å². The molecule has 0 radical (unpaired) electrons. The lowest BCUT2D eigenvalue weighted by Gasteiger charge is -2.36. The minimum Gasteiger partial charge on any atom is -0.478 e. The van der Waals surface area contributed by atoms with Gasteiger partial charge in [-0.05, 0) is 42.7 Å². The number of carbonyl (C=O) groups excluding carboxylic acids is 2. The van der Waals surface area contributed by atoms with Crippen LogP contribution in [0.2, 0.25) is 0 Å². The van der Waals surface area contributed by atoms with Crippen LogP contribution in [0.15, 0.2) is 44.3 Å². The Labute approximate surface area is 225 Å². The number of likely N-dealkylation sites (tertiary alicyclic amines) is 1. The number of hydrogen-bond donors (Lipinski definition) is 3. The number of allylic oxidation sites excluding steroid dienone is 6. The molecular weight excluding hydrogens is 523 g/mol. The Kier molecular flexibility index (Phi) is 8.42. The van der Waals surface area contributed by atoms with Crippen LogP contribution in [0, 0.1) is 23.7 Å². The summed E-state index contributed by atoms with van der Waals surface area (Å²) in [6, 6.07) is -0.358. The third-order valence-electron chi connectivity index (χ3n) is 7.81. The van der Waals surface area contributed by atoms with Gasteiger partial charge in [0, 0.05) is 48.7 Å². The first-order valence-corrected chi connectivity index (χ1v) is 13.9. The summed E-state index contributed by atoms with van der Waals surface area (Å²) in [5.74, 6) is -2.21. The van der Waals surface area contributed by atoms with Gasteiger partial charge in [-0.1, -0.05) is 41.8 Å². The molecule has 4 aliphatic rings. The fourth-order valence-corrected chi connectivity index (χ4v) is 8.16. The van der Waals surface area contributed by atoms with E-state index in [9.17, 15) is 24.6 Å². The van der Waals surface area contributed by atoms with Crippen LogP contribution < -0.4 is 5.32 Å². The first kappa shape index (κ1) is 27.5. The number of aliphatic carboxylic acids is 1. The zero-order chi connectivity index (χ0) is 26.3. The number of amides is 1. The summed E-state index contributed by atoms with van der Waals surface area (Å²) in [5.41, 5.74) is 1.10. The van der Waals surface area contributed by atoms with Crippen LogP contribution in [-0.4, -0.2) is 70.3 Å². The van der Waals surface area contributed by atoms with Crippen molar-refractivity contribution in [3.05, 3.63) is 44.3 Å². The summed E-state index contributed by atoms with van der Waals surface area (Å²) in [6.45, 7) is 4.73. The summed E-state index contributed by atoms with van der Waals surface area (Å²) in [6.07, 6.45) is 5.99. The Morgan fingerprint density at radius 1 is 1.33 bits per heavy atom. The highest BCUT2D eigenvalue weighted by Gasteiger charge is 2.48. The summed E-state index contributed by atoms with van der Waals surface area (Å²) < 4.78 is 0. The average molecular weight is 556 g/mol. The second-order valence-electron chi connectivity index (χ2n) is 10.1. The number of carboxylic acid groups (broad SMARTS) is 1. The van der Waals surface area contributed by atoms with Crippen molar-refractivity contribution < 1.29 is 24.6 Å². The molecule has 3 aliphatic carbocycles. The predicted octanol–water partition coefficient (Wildman–Crippen LogP) is 3.67. The molecular formula is C26H32Cl2N2O5S. The Bertz CT molecular complexity index is 1080. The van der Waals surface area contributed by atoms with Crippen LogP contribution in [-0.2, 0) is 14.4 Å². The van der Waals surface area contributed by atoms with E-state index in [1.165, 1.54) is 17.8 Å². The third kappa shape index (κ3) is 5.20. The van der Waals surface area contributed by atoms with E-state index in [4.69, 9.17) is 23.2 Å². The van der Waals surface area contributed by atoms with Gasteiger partial charge in [-0.15, -0.1) is 11.8 Å². The molecule has 1 saturated heterocycles. The normalized spacial score (nSPS) is 33.6. The smallest absolute Gasteiger partial charge is 0.332 e. The zero-order valence-corrected chi connectivity index (χ0v) is 22.9. The summed E-state index contributed by atoms with van der Waals surface area (Å²) in [4.78, 5) is 40.5. The van der Waals surface area contributed by atoms with Crippen molar-refractivity contribution in [1.29, 1.82) is 0 Å². The molecule has 1 heterocycles. The lowest BCUT2D eigenvalue weighted by atomic mass is 9.73. The molecule has 4 rings (SSSR count). The summed E-state index contributed by atoms with van der Waals surface area (Å²) in [5, 5.41) is 24.2. The molecule has 0 saturated carbocycles. The monoisotopic (exact) mass is 554 g/mol. The van der Waals surface area contributed by atoms with E-state index < -0.39 is 18.0 Å². The number of carboxylic acids is 1. The highest BCUT2D eigenvalue weighted by Crippen LogP contribution is 2.52. The van der Waals surface area contributed by atoms with E-state index in [0.29, 0.717) is 35.1 Å². The Balaban J connectivity index is 1.57. The van der Waals surface area contributed by atoms with E-state index in [1.54, 1.807) is 20.0 Å². The minimum absolute atomic E-state index is 0.00790. The van der Waals surface area contributed by atoms with Crippen molar-refractivity contribution in [2.45, 2.75) is 50.5 Å². The van der Waals surface area contributed by atoms with Gasteiger partial charge >= 0.3 is 5.97 Å². The molecule has 0 aromatic rings. The van der Waals surface area contributed by atoms with Crippen molar-refractivity contribution in [2.75, 3.05) is 20.1 Å². The van der Waals surface area contributed by atoms with Gasteiger partial charge in [0.05, 0.1) is 28.7 Å². The molecule has 1 aliphatic heterocycles. The lowest BCUT2D eigenvalue weighted by Crippen LogP contribution is -2.44. The van der Waals surface area contributed by atoms with E-state index in [2.05, 4.69) is 10.2 Å². The maximum atomic E-state index is 12.8. The molecule has 3 N–H and O–H groups in total. The molecule has 36 heavy (non-hydrogen) atoms. The number of nitrogens with zero attached hydrogens (tertiary/aromatic N) is 1. The number of aliphatic hydroxyl groups is 1. The number of halogens is 2. The summed E-state index contributed by atoms with van der Waals surface area (Å²) in [7, 11) is 1.61. The van der Waals surface area contributed by atoms with Crippen molar-refractivity contribution in [2.24, 2.45) is 23.7 Å². The first-order valence-electron chi connectivity index (χ1n) is 12.3. The van der Waals surface area contributed by atoms with Gasteiger partial charge in [0.25, 0.3) is 0 Å². The number of ketones is 1. The number of thioether (sulfide) groups is 1. The maximum Gasteiger partial charge on any atom is 0.332 e. The number of likely N-dealkylation sites (N-methyl/N-ethyl adjacent to an activating group) is 1. The Morgan fingerprint density at radius 3 is 2.69 bits per heavy atom. The van der Waals surface area contributed by atoms with Gasteiger partial charge in [0.2, 0.25) is 5.91 Å². The number of carbonyl (C=O) groups is 3. The van der Waals surface area contributed by atoms with Crippen molar-refractivity contribution in [3.63, 3.8) is 0 Å². The fourth-order valence-electron chi connectivity index (χ4n) is 6.13. The number of nitrogens with one attached hydrogen (secondary N) is 1. The van der Waals surface area contributed by atoms with E-state index in [1.807, 2.05) is 13.0 Å². The van der Waals surface area contributed by atoms with Crippen LogP contribution in [0.3, 0.4) is 0 Å². The number of aliphatic hydroxyl groups excluding tert-OH is 1. The maximum absolute atomic E-state index is 12.8. The Morgan fingerprint density at radius 2 is 2.06 bits per heavy atom. The molecule has 7 nitrogen and oxygen atoms in total. The molecule has 7 unspecified atom stereocenters. The number of rotatable bonds is 7. The highest BCUT2D eigenvalue weighted by atomic mass is 35.5. The molecule has 0 spiro atoms. The first-order chi connectivity index (χ1) is 17.0. The molecule has 1 amide bonds. The molecule has 0 aromatic heterocycles. The van der Waals surface area contributed by atoms with Crippen molar-refractivity contribution >= 4 is 52.6 Å². The lowest BCUT2D eigenvalue weighted by molar-refractivity contribution is -0.133. The molecule has 7 atom stereocenters. The van der Waals surface area contributed by atoms with E-state index >= 15 is 0 Å². The van der Waals surface area contributed by atoms with Crippen LogP contribution >= 0.6 is 35.0 Å². The van der Waals surface area contributed by atoms with Gasteiger partial charge in [-0.25, -0.2) is 4.79 Å². The fraction of sp³-hybridized carbons (Fsp3) is 0.577. The largest absolute Gasteiger partial charge is 0.478 e. The van der Waals surface area contributed by atoms with Crippen molar-refractivity contribution in [1.82, 2.24) is 10.2 Å². The molecule has 0 bridgehead atoms. The second-order valence-corrected chi connectivity index (χ2v) is 12.3. The van der Waals surface area contributed by atoms with Crippen molar-refractivity contribution in [3.8, 4) is 0 Å². The number of hydrogen-bond acceptors (Lipinski definition) is 6. The predicted molar refractivity (Wildman–Crippen MR) is 142 cm³/mol. The van der Waals surface area contributed by atoms with Gasteiger partial charge in [-0.3, -0.25) is 14.5 Å². The quantitative estimate of drug-likeness (QED) is 0.440. The third-order valence-corrected chi connectivity index (χ3v) is 10.3. The van der Waals surface area contributed by atoms with Crippen LogP contribution in [0.4, 0.5) is 0 Å². The average Bonchev–Trinajstić information content (AvgIpc) is 3.38. The molecule has 196 valence electrons. The minimum atomic E-state index is -0.991. The second kappa shape index (κ2) is 11.0. The topological polar surface area (TPSA) is 107 Å². The van der Waals surface area contributed by atoms with Gasteiger partial charge in [-0.2, -0.15) is 0 Å². The Hall–Kier alpha value is -1.58. The zero-order valence-electron chi connectivity index (χ0n) is 20.5. The van der Waals surface area contributed by atoms with Crippen LogP contribution in [0.1, 0.15) is 33.1 Å². The van der Waals surface area contributed by atoms with E-state index in [0.717, 1.165) is 16.9 Å². The molecule has 0 aromatic carbocycles. The van der Waals surface area contributed by atoms with Crippen LogP contribution in [0.5, 0.6) is 0 Å². The summed E-state index contributed by atoms with van der Waals surface area (Å²) >= 11 is 14.2. The van der Waals surface area contributed by atoms with E-state index in [-0.39, 0.29) is 47.2 Å². The van der Waals surface area contributed by atoms with Crippen LogP contribution in [0.25, 0.3) is 0 Å². The van der Waals surface area contributed by atoms with Gasteiger partial charge < -0.3 is 15.5 Å². The number of fused-ring (bicyclic) bond motifs is 1. The van der Waals surface area contributed by atoms with Gasteiger partial charge in [0.15, 0.2) is 5.78 Å². The standard InChI is InChI=1S/C26H32Cl2N2O5S/c1-12-21-15(8-20(32)22(21)13(2)31)7-17(26(34)35)24(12)36-16-9-19(25(33)29-3)30(11-16)10-14-5-4-6-18(27)23(14)28/h4,6,8,12-14,16,19,21-22,31H,5,7,9-11H2,1-3H3,(H,29,33)(H,34,35).